The number of fused-ring (bicyclic) bond motifs is 1. The van der Waals surface area contributed by atoms with Crippen LogP contribution in [0.5, 0.6) is 0 Å². The number of benzene rings is 3. The molecule has 0 aliphatic heterocycles. The molecule has 3 aromatic rings. The van der Waals surface area contributed by atoms with E-state index in [0.29, 0.717) is 23.6 Å². The van der Waals surface area contributed by atoms with E-state index < -0.39 is 0 Å². The van der Waals surface area contributed by atoms with E-state index in [1.165, 1.54) is 11.1 Å². The van der Waals surface area contributed by atoms with Crippen LogP contribution >= 0.6 is 23.2 Å². The summed E-state index contributed by atoms with van der Waals surface area (Å²) in [7, 11) is 0. The largest absolute Gasteiger partial charge is 0.398 e. The van der Waals surface area contributed by atoms with Gasteiger partial charge in [0.15, 0.2) is 0 Å². The molecule has 6 heteroatoms. The lowest BCUT2D eigenvalue weighted by Crippen LogP contribution is -2.38. The van der Waals surface area contributed by atoms with E-state index in [1.54, 1.807) is 6.07 Å². The number of hydrogen-bond acceptors (Lipinski definition) is 2. The first-order valence-electron chi connectivity index (χ1n) is 11.9. The van der Waals surface area contributed by atoms with Crippen molar-refractivity contribution in [2.24, 2.45) is 0 Å². The lowest BCUT2D eigenvalue weighted by Gasteiger charge is -2.31. The molecule has 0 radical (unpaired) electrons. The van der Waals surface area contributed by atoms with Crippen LogP contribution < -0.4 is 16.0 Å². The Morgan fingerprint density at radius 1 is 1.00 bits per heavy atom. The van der Waals surface area contributed by atoms with Gasteiger partial charge in [0.05, 0.1) is 11.7 Å². The summed E-state index contributed by atoms with van der Waals surface area (Å²) in [6, 6.07) is 15.7. The average Bonchev–Trinajstić information content (AvgIpc) is 3.22. The Morgan fingerprint density at radius 3 is 2.35 bits per heavy atom. The van der Waals surface area contributed by atoms with Crippen LogP contribution in [0.25, 0.3) is 0 Å². The van der Waals surface area contributed by atoms with E-state index in [-0.39, 0.29) is 12.1 Å². The maximum atomic E-state index is 14.0. The second-order valence-electron chi connectivity index (χ2n) is 8.70. The number of nitrogens with two attached hydrogens (primary N) is 1. The van der Waals surface area contributed by atoms with Crippen LogP contribution in [0.15, 0.2) is 48.5 Å². The molecular formula is C28H31Cl2N3O. The normalized spacial score (nSPS) is 14.7. The third-order valence-electron chi connectivity index (χ3n) is 6.77. The summed E-state index contributed by atoms with van der Waals surface area (Å²) in [5.41, 5.74) is 13.8. The Balaban J connectivity index is 1.79. The summed E-state index contributed by atoms with van der Waals surface area (Å²) in [5.74, 6) is 0. The number of aryl methyl sites for hydroxylation is 2. The first kappa shape index (κ1) is 24.4. The van der Waals surface area contributed by atoms with Crippen molar-refractivity contribution in [3.8, 4) is 0 Å². The molecule has 0 fully saturated rings. The summed E-state index contributed by atoms with van der Waals surface area (Å²) in [6.45, 7) is 6.19. The van der Waals surface area contributed by atoms with Crippen LogP contribution in [0, 0.1) is 0 Å². The van der Waals surface area contributed by atoms with Gasteiger partial charge in [0.25, 0.3) is 0 Å². The smallest absolute Gasteiger partial charge is 0.326 e. The Morgan fingerprint density at radius 2 is 1.71 bits per heavy atom. The Hall–Kier alpha value is -2.69. The lowest BCUT2D eigenvalue weighted by atomic mass is 10.0. The highest BCUT2D eigenvalue weighted by molar-refractivity contribution is 6.32. The van der Waals surface area contributed by atoms with E-state index in [0.717, 1.165) is 52.4 Å². The second kappa shape index (κ2) is 10.3. The Kier molecular flexibility index (Phi) is 7.39. The number of rotatable bonds is 6. The third kappa shape index (κ3) is 4.62. The van der Waals surface area contributed by atoms with Gasteiger partial charge in [-0.15, -0.1) is 0 Å². The molecule has 0 heterocycles. The van der Waals surface area contributed by atoms with Crippen molar-refractivity contribution in [3.63, 3.8) is 0 Å². The van der Waals surface area contributed by atoms with E-state index in [2.05, 4.69) is 24.4 Å². The average molecular weight is 496 g/mol. The monoisotopic (exact) mass is 495 g/mol. The molecule has 178 valence electrons. The number of amides is 2. The second-order valence-corrected chi connectivity index (χ2v) is 9.55. The number of hydrogen-bond donors (Lipinski definition) is 2. The molecule has 0 spiro atoms. The topological polar surface area (TPSA) is 58.4 Å². The van der Waals surface area contributed by atoms with Crippen molar-refractivity contribution < 1.29 is 4.79 Å². The van der Waals surface area contributed by atoms with E-state index >= 15 is 0 Å². The van der Waals surface area contributed by atoms with Crippen molar-refractivity contribution in [2.45, 2.75) is 58.9 Å². The third-order valence-corrected chi connectivity index (χ3v) is 7.34. The van der Waals surface area contributed by atoms with Crippen molar-refractivity contribution in [2.75, 3.05) is 16.0 Å². The summed E-state index contributed by atoms with van der Waals surface area (Å²) in [6.07, 6.45) is 4.04. The zero-order valence-corrected chi connectivity index (χ0v) is 21.4. The highest BCUT2D eigenvalue weighted by atomic mass is 35.5. The predicted molar refractivity (Wildman–Crippen MR) is 144 cm³/mol. The summed E-state index contributed by atoms with van der Waals surface area (Å²) in [5, 5.41) is 4.50. The zero-order valence-electron chi connectivity index (χ0n) is 19.9. The minimum Gasteiger partial charge on any atom is -0.398 e. The van der Waals surface area contributed by atoms with Crippen molar-refractivity contribution >= 4 is 46.3 Å². The quantitative estimate of drug-likeness (QED) is 0.340. The van der Waals surface area contributed by atoms with Crippen molar-refractivity contribution in [1.82, 2.24) is 0 Å². The van der Waals surface area contributed by atoms with Crippen LogP contribution in [0.1, 0.15) is 61.1 Å². The molecule has 0 saturated heterocycles. The zero-order chi connectivity index (χ0) is 24.4. The van der Waals surface area contributed by atoms with E-state index in [9.17, 15) is 4.79 Å². The molecule has 0 aromatic heterocycles. The van der Waals surface area contributed by atoms with Gasteiger partial charge in [0.2, 0.25) is 0 Å². The van der Waals surface area contributed by atoms with Crippen molar-refractivity contribution in [3.05, 3.63) is 86.4 Å². The highest BCUT2D eigenvalue weighted by Crippen LogP contribution is 2.41. The standard InChI is InChI=1S/C28H31Cl2N3O/c1-4-17-7-11-20(12-8-17)33(26-14-9-18-15-19(29)10-13-23(18)26)28(34)32-27-21(5-2)24(30)16-25(31)22(27)6-3/h7-8,10-13,15-16,26H,4-6,9,14,31H2,1-3H3,(H,32,34). The molecule has 0 saturated carbocycles. The fraction of sp³-hybridized carbons (Fsp3) is 0.321. The molecule has 1 aliphatic carbocycles. The lowest BCUT2D eigenvalue weighted by molar-refractivity contribution is 0.254. The number of carbonyl (C=O) groups is 1. The van der Waals surface area contributed by atoms with Gasteiger partial charge in [-0.2, -0.15) is 0 Å². The predicted octanol–water partition coefficient (Wildman–Crippen LogP) is 7.99. The maximum absolute atomic E-state index is 14.0. The molecule has 3 N–H and O–H groups in total. The fourth-order valence-electron chi connectivity index (χ4n) is 4.96. The molecule has 2 amide bonds. The van der Waals surface area contributed by atoms with Crippen molar-refractivity contribution in [1.29, 1.82) is 0 Å². The molecule has 1 aliphatic rings. The molecule has 4 nitrogen and oxygen atoms in total. The molecule has 34 heavy (non-hydrogen) atoms. The first-order chi connectivity index (χ1) is 16.4. The SMILES string of the molecule is CCc1ccc(N(C(=O)Nc2c(CC)c(N)cc(Cl)c2CC)C2CCc3cc(Cl)ccc32)cc1. The molecule has 0 bridgehead atoms. The van der Waals surface area contributed by atoms with E-state index in [1.807, 2.05) is 49.1 Å². The number of carbonyl (C=O) groups excluding carboxylic acids is 1. The van der Waals surface area contributed by atoms with Crippen LogP contribution in [0.3, 0.4) is 0 Å². The van der Waals surface area contributed by atoms with Gasteiger partial charge < -0.3 is 11.1 Å². The number of nitrogens with one attached hydrogen (secondary N) is 1. The van der Waals surface area contributed by atoms with Crippen LogP contribution in [0.2, 0.25) is 10.0 Å². The minimum atomic E-state index is -0.192. The number of nitrogens with zero attached hydrogens (tertiary/aromatic N) is 1. The highest BCUT2D eigenvalue weighted by Gasteiger charge is 2.33. The van der Waals surface area contributed by atoms with Gasteiger partial charge in [-0.05, 0) is 90.3 Å². The number of anilines is 3. The molecule has 3 aromatic carbocycles. The summed E-state index contributed by atoms with van der Waals surface area (Å²) < 4.78 is 0. The van der Waals surface area contributed by atoms with Gasteiger partial charge >= 0.3 is 6.03 Å². The molecular weight excluding hydrogens is 465 g/mol. The Bertz CT molecular complexity index is 1180. The molecule has 1 unspecified atom stereocenters. The van der Waals surface area contributed by atoms with Crippen LogP contribution in [-0.2, 0) is 25.7 Å². The van der Waals surface area contributed by atoms with Gasteiger partial charge in [-0.25, -0.2) is 4.79 Å². The maximum Gasteiger partial charge on any atom is 0.326 e. The minimum absolute atomic E-state index is 0.0913. The molecule has 4 rings (SSSR count). The van der Waals surface area contributed by atoms with E-state index in [4.69, 9.17) is 28.9 Å². The van der Waals surface area contributed by atoms with Crippen LogP contribution in [-0.4, -0.2) is 6.03 Å². The fourth-order valence-corrected chi connectivity index (χ4v) is 5.50. The van der Waals surface area contributed by atoms with Gasteiger partial charge in [0.1, 0.15) is 0 Å². The number of nitrogen functional groups attached to an aromatic ring is 1. The first-order valence-corrected chi connectivity index (χ1v) is 12.7. The number of urea groups is 1. The van der Waals surface area contributed by atoms with Gasteiger partial charge in [0, 0.05) is 21.4 Å². The van der Waals surface area contributed by atoms with Crippen LogP contribution in [0.4, 0.5) is 21.9 Å². The summed E-state index contributed by atoms with van der Waals surface area (Å²) >= 11 is 12.8. The Labute approximate surface area is 212 Å². The van der Waals surface area contributed by atoms with Gasteiger partial charge in [-0.1, -0.05) is 62.2 Å². The number of halogens is 2. The molecule has 1 atom stereocenters. The summed E-state index contributed by atoms with van der Waals surface area (Å²) in [4.78, 5) is 15.9. The van der Waals surface area contributed by atoms with Gasteiger partial charge in [-0.3, -0.25) is 4.90 Å².